The van der Waals surface area contributed by atoms with E-state index < -0.39 is 16.9 Å². The van der Waals surface area contributed by atoms with Gasteiger partial charge in [0, 0.05) is 0 Å². The molecule has 2 rings (SSSR count). The number of ether oxygens (including phenoxy) is 1. The van der Waals surface area contributed by atoms with E-state index in [1.165, 1.54) is 6.20 Å². The van der Waals surface area contributed by atoms with Gasteiger partial charge in [-0.05, 0) is 6.92 Å². The average Bonchev–Trinajstić information content (AvgIpc) is 2.70. The van der Waals surface area contributed by atoms with Gasteiger partial charge in [0.15, 0.2) is 21.8 Å². The van der Waals surface area contributed by atoms with Crippen molar-refractivity contribution in [1.82, 2.24) is 14.6 Å². The SMILES string of the molecule is CCOC(=O)c1cnn2c(Cl)c(F)c(Cl)nc12. The van der Waals surface area contributed by atoms with Crippen molar-refractivity contribution in [2.24, 2.45) is 0 Å². The quantitative estimate of drug-likeness (QED) is 0.625. The molecule has 0 saturated heterocycles. The summed E-state index contributed by atoms with van der Waals surface area (Å²) in [5, 5.41) is 2.99. The second-order valence-corrected chi connectivity index (χ2v) is 3.74. The topological polar surface area (TPSA) is 56.5 Å². The number of carbonyl (C=O) groups is 1. The summed E-state index contributed by atoms with van der Waals surface area (Å²) in [4.78, 5) is 15.2. The number of carbonyl (C=O) groups excluding carboxylic acids is 1. The van der Waals surface area contributed by atoms with Crippen LogP contribution in [0.15, 0.2) is 6.20 Å². The first-order chi connectivity index (χ1) is 8.06. The fraction of sp³-hybridized carbons (Fsp3) is 0.222. The number of hydrogen-bond donors (Lipinski definition) is 0. The molecule has 0 bridgehead atoms. The van der Waals surface area contributed by atoms with Gasteiger partial charge in [0.1, 0.15) is 5.56 Å². The molecule has 17 heavy (non-hydrogen) atoms. The molecule has 0 aliphatic carbocycles. The molecular formula is C9H6Cl2FN3O2. The van der Waals surface area contributed by atoms with Crippen molar-refractivity contribution in [1.29, 1.82) is 0 Å². The summed E-state index contributed by atoms with van der Waals surface area (Å²) < 4.78 is 19.1. The monoisotopic (exact) mass is 277 g/mol. The number of rotatable bonds is 2. The Bertz CT molecular complexity index is 599. The Kier molecular flexibility index (Phi) is 3.17. The molecule has 0 radical (unpaired) electrons. The summed E-state index contributed by atoms with van der Waals surface area (Å²) in [5.41, 5.74) is 0.135. The molecule has 2 aromatic rings. The minimum absolute atomic E-state index is 0.0554. The Morgan fingerprint density at radius 3 is 2.94 bits per heavy atom. The van der Waals surface area contributed by atoms with Crippen molar-refractivity contribution < 1.29 is 13.9 Å². The zero-order chi connectivity index (χ0) is 12.6. The van der Waals surface area contributed by atoms with Crippen molar-refractivity contribution in [3.05, 3.63) is 27.9 Å². The van der Waals surface area contributed by atoms with Crippen molar-refractivity contribution in [2.45, 2.75) is 6.92 Å². The van der Waals surface area contributed by atoms with Crippen LogP contribution in [-0.2, 0) is 4.74 Å². The van der Waals surface area contributed by atoms with Crippen LogP contribution in [0.25, 0.3) is 5.65 Å². The lowest BCUT2D eigenvalue weighted by Gasteiger charge is -2.02. The van der Waals surface area contributed by atoms with E-state index in [-0.39, 0.29) is 23.0 Å². The highest BCUT2D eigenvalue weighted by atomic mass is 35.5. The van der Waals surface area contributed by atoms with Gasteiger partial charge in [-0.25, -0.2) is 14.2 Å². The summed E-state index contributed by atoms with van der Waals surface area (Å²) in [6.45, 7) is 1.87. The first kappa shape index (κ1) is 12.1. The van der Waals surface area contributed by atoms with E-state index in [9.17, 15) is 9.18 Å². The highest BCUT2D eigenvalue weighted by Crippen LogP contribution is 2.23. The number of fused-ring (bicyclic) bond motifs is 1. The predicted octanol–water partition coefficient (Wildman–Crippen LogP) is 2.35. The molecule has 8 heteroatoms. The largest absolute Gasteiger partial charge is 0.462 e. The Morgan fingerprint density at radius 2 is 2.29 bits per heavy atom. The molecule has 90 valence electrons. The third-order valence-electron chi connectivity index (χ3n) is 1.99. The molecule has 0 aliphatic rings. The molecular weight excluding hydrogens is 272 g/mol. The Morgan fingerprint density at radius 1 is 1.59 bits per heavy atom. The molecule has 2 heterocycles. The fourth-order valence-electron chi connectivity index (χ4n) is 1.27. The Labute approximate surface area is 105 Å². The smallest absolute Gasteiger partial charge is 0.343 e. The molecule has 0 fully saturated rings. The van der Waals surface area contributed by atoms with Gasteiger partial charge in [0.05, 0.1) is 12.8 Å². The van der Waals surface area contributed by atoms with E-state index in [0.29, 0.717) is 0 Å². The van der Waals surface area contributed by atoms with Gasteiger partial charge in [-0.3, -0.25) is 0 Å². The van der Waals surface area contributed by atoms with Crippen LogP contribution < -0.4 is 0 Å². The molecule has 0 N–H and O–H groups in total. The minimum atomic E-state index is -0.889. The number of aromatic nitrogens is 3. The molecule has 0 aromatic carbocycles. The summed E-state index contributed by atoms with van der Waals surface area (Å²) in [6.07, 6.45) is 1.20. The summed E-state index contributed by atoms with van der Waals surface area (Å²) in [5.74, 6) is -1.51. The zero-order valence-electron chi connectivity index (χ0n) is 8.58. The van der Waals surface area contributed by atoms with Crippen LogP contribution in [0.3, 0.4) is 0 Å². The minimum Gasteiger partial charge on any atom is -0.462 e. The lowest BCUT2D eigenvalue weighted by Crippen LogP contribution is -2.06. The second-order valence-electron chi connectivity index (χ2n) is 3.02. The normalized spacial score (nSPS) is 10.8. The standard InChI is InChI=1S/C9H6Cl2FN3O2/c1-2-17-9(16)4-3-13-15-7(11)5(12)6(10)14-8(4)15/h3H,2H2,1H3. The van der Waals surface area contributed by atoms with Gasteiger partial charge >= 0.3 is 5.97 Å². The van der Waals surface area contributed by atoms with Crippen LogP contribution in [-0.4, -0.2) is 27.2 Å². The number of halogens is 3. The number of nitrogens with zero attached hydrogens (tertiary/aromatic N) is 3. The Hall–Kier alpha value is -1.40. The summed E-state index contributed by atoms with van der Waals surface area (Å²) in [7, 11) is 0. The summed E-state index contributed by atoms with van der Waals surface area (Å²) >= 11 is 11.2. The van der Waals surface area contributed by atoms with E-state index in [4.69, 9.17) is 27.9 Å². The maximum Gasteiger partial charge on any atom is 0.343 e. The van der Waals surface area contributed by atoms with Crippen LogP contribution >= 0.6 is 23.2 Å². The molecule has 0 atom stereocenters. The lowest BCUT2D eigenvalue weighted by molar-refractivity contribution is 0.0528. The van der Waals surface area contributed by atoms with Crippen molar-refractivity contribution >= 4 is 34.8 Å². The van der Waals surface area contributed by atoms with Gasteiger partial charge in [-0.2, -0.15) is 9.61 Å². The predicted molar refractivity (Wildman–Crippen MR) is 58.9 cm³/mol. The molecule has 0 spiro atoms. The fourth-order valence-corrected chi connectivity index (χ4v) is 1.70. The van der Waals surface area contributed by atoms with Crippen molar-refractivity contribution in [2.75, 3.05) is 6.61 Å². The van der Waals surface area contributed by atoms with E-state index >= 15 is 0 Å². The zero-order valence-corrected chi connectivity index (χ0v) is 10.1. The van der Waals surface area contributed by atoms with Crippen LogP contribution in [0.5, 0.6) is 0 Å². The van der Waals surface area contributed by atoms with Gasteiger partial charge < -0.3 is 4.74 Å². The van der Waals surface area contributed by atoms with Crippen molar-refractivity contribution in [3.8, 4) is 0 Å². The lowest BCUT2D eigenvalue weighted by atomic mass is 10.3. The molecule has 0 saturated carbocycles. The highest BCUT2D eigenvalue weighted by Gasteiger charge is 2.20. The van der Waals surface area contributed by atoms with E-state index in [2.05, 4.69) is 10.1 Å². The van der Waals surface area contributed by atoms with Gasteiger partial charge in [0.25, 0.3) is 0 Å². The van der Waals surface area contributed by atoms with Crippen LogP contribution in [0.1, 0.15) is 17.3 Å². The molecule has 0 amide bonds. The Balaban J connectivity index is 2.65. The maximum absolute atomic E-state index is 13.3. The van der Waals surface area contributed by atoms with E-state index in [1.807, 2.05) is 0 Å². The maximum atomic E-state index is 13.3. The van der Waals surface area contributed by atoms with Crippen LogP contribution in [0.4, 0.5) is 4.39 Å². The van der Waals surface area contributed by atoms with Gasteiger partial charge in [-0.1, -0.05) is 23.2 Å². The third kappa shape index (κ3) is 1.94. The van der Waals surface area contributed by atoms with E-state index in [0.717, 1.165) is 4.52 Å². The van der Waals surface area contributed by atoms with Gasteiger partial charge in [-0.15, -0.1) is 0 Å². The first-order valence-corrected chi connectivity index (χ1v) is 5.37. The molecule has 5 nitrogen and oxygen atoms in total. The van der Waals surface area contributed by atoms with Crippen LogP contribution in [0, 0.1) is 5.82 Å². The third-order valence-corrected chi connectivity index (χ3v) is 2.57. The molecule has 2 aromatic heterocycles. The highest BCUT2D eigenvalue weighted by molar-refractivity contribution is 6.33. The first-order valence-electron chi connectivity index (χ1n) is 4.61. The summed E-state index contributed by atoms with van der Waals surface area (Å²) in [6, 6.07) is 0. The number of hydrogen-bond acceptors (Lipinski definition) is 4. The average molecular weight is 278 g/mol. The van der Waals surface area contributed by atoms with Crippen LogP contribution in [0.2, 0.25) is 10.3 Å². The number of esters is 1. The van der Waals surface area contributed by atoms with E-state index in [1.54, 1.807) is 6.92 Å². The molecule has 0 unspecified atom stereocenters. The molecule has 0 aliphatic heterocycles. The van der Waals surface area contributed by atoms with Crippen molar-refractivity contribution in [3.63, 3.8) is 0 Å². The second kappa shape index (κ2) is 4.46. The van der Waals surface area contributed by atoms with Gasteiger partial charge in [0.2, 0.25) is 0 Å².